The predicted molar refractivity (Wildman–Crippen MR) is 80.3 cm³/mol. The van der Waals surface area contributed by atoms with Crippen molar-refractivity contribution in [2.75, 3.05) is 25.6 Å². The van der Waals surface area contributed by atoms with E-state index in [0.717, 1.165) is 0 Å². The number of aliphatic hydroxyl groups is 1. The number of ether oxygens (including phenoxy) is 1. The van der Waals surface area contributed by atoms with Crippen LogP contribution in [-0.4, -0.2) is 42.8 Å². The van der Waals surface area contributed by atoms with Crippen LogP contribution in [0.2, 0.25) is 5.02 Å². The number of rotatable bonds is 5. The average molecular weight is 315 g/mol. The first-order valence-electron chi connectivity index (χ1n) is 6.32. The zero-order valence-corrected chi connectivity index (χ0v) is 13.0. The summed E-state index contributed by atoms with van der Waals surface area (Å²) in [6.07, 6.45) is 0. The monoisotopic (exact) mass is 314 g/mol. The molecule has 0 aliphatic rings. The first kappa shape index (κ1) is 17.4. The van der Waals surface area contributed by atoms with Gasteiger partial charge in [0.1, 0.15) is 5.60 Å². The maximum atomic E-state index is 11.8. The van der Waals surface area contributed by atoms with Gasteiger partial charge < -0.3 is 20.5 Å². The zero-order chi connectivity index (χ0) is 16.0. The Kier molecular flexibility index (Phi) is 6.14. The third kappa shape index (κ3) is 5.34. The zero-order valence-electron chi connectivity index (χ0n) is 12.2. The van der Waals surface area contributed by atoms with Crippen molar-refractivity contribution in [3.63, 3.8) is 0 Å². The van der Waals surface area contributed by atoms with Gasteiger partial charge in [-0.25, -0.2) is 0 Å². The number of amides is 2. The summed E-state index contributed by atoms with van der Waals surface area (Å²) in [6.45, 7) is 3.18. The van der Waals surface area contributed by atoms with E-state index in [1.165, 1.54) is 14.0 Å². The number of halogens is 1. The molecule has 6 nitrogen and oxygen atoms in total. The van der Waals surface area contributed by atoms with Crippen LogP contribution in [0.5, 0.6) is 0 Å². The van der Waals surface area contributed by atoms with Crippen molar-refractivity contribution in [2.24, 2.45) is 0 Å². The molecule has 0 bridgehead atoms. The Morgan fingerprint density at radius 2 is 2.05 bits per heavy atom. The molecule has 3 N–H and O–H groups in total. The summed E-state index contributed by atoms with van der Waals surface area (Å²) in [6, 6.07) is 5.01. The van der Waals surface area contributed by atoms with Gasteiger partial charge >= 0.3 is 11.8 Å². The van der Waals surface area contributed by atoms with Crippen LogP contribution in [0.15, 0.2) is 18.2 Å². The lowest BCUT2D eigenvalue weighted by atomic mass is 10.1. The molecule has 21 heavy (non-hydrogen) atoms. The van der Waals surface area contributed by atoms with Gasteiger partial charge in [0, 0.05) is 24.4 Å². The van der Waals surface area contributed by atoms with E-state index in [2.05, 4.69) is 10.6 Å². The van der Waals surface area contributed by atoms with Crippen LogP contribution in [0.1, 0.15) is 12.5 Å². The van der Waals surface area contributed by atoms with E-state index in [9.17, 15) is 14.7 Å². The summed E-state index contributed by atoms with van der Waals surface area (Å²) in [7, 11) is 1.44. The fourth-order valence-corrected chi connectivity index (χ4v) is 1.81. The van der Waals surface area contributed by atoms with Gasteiger partial charge in [0.2, 0.25) is 0 Å². The Balaban J connectivity index is 2.60. The summed E-state index contributed by atoms with van der Waals surface area (Å²) >= 11 is 5.93. The molecule has 2 amide bonds. The third-order valence-electron chi connectivity index (χ3n) is 2.81. The first-order chi connectivity index (χ1) is 9.76. The number of hydrogen-bond acceptors (Lipinski definition) is 4. The number of carbonyl (C=O) groups excluding carboxylic acids is 2. The Labute approximate surface area is 128 Å². The number of hydrogen-bond donors (Lipinski definition) is 3. The summed E-state index contributed by atoms with van der Waals surface area (Å²) in [4.78, 5) is 23.5. The normalized spacial score (nSPS) is 13.4. The fraction of sp³-hybridized carbons (Fsp3) is 0.429. The second kappa shape index (κ2) is 7.40. The fourth-order valence-electron chi connectivity index (χ4n) is 1.63. The molecule has 1 aromatic rings. The Hall–Kier alpha value is -1.63. The van der Waals surface area contributed by atoms with Crippen LogP contribution in [0.3, 0.4) is 0 Å². The van der Waals surface area contributed by atoms with E-state index in [0.29, 0.717) is 16.3 Å². The molecule has 0 fully saturated rings. The third-order valence-corrected chi connectivity index (χ3v) is 3.22. The molecule has 1 aromatic carbocycles. The maximum absolute atomic E-state index is 11.8. The van der Waals surface area contributed by atoms with Crippen molar-refractivity contribution in [1.82, 2.24) is 5.32 Å². The van der Waals surface area contributed by atoms with Crippen LogP contribution in [0.25, 0.3) is 0 Å². The molecule has 7 heteroatoms. The van der Waals surface area contributed by atoms with Gasteiger partial charge in [-0.15, -0.1) is 0 Å². The van der Waals surface area contributed by atoms with Crippen LogP contribution in [0, 0.1) is 6.92 Å². The van der Waals surface area contributed by atoms with E-state index in [4.69, 9.17) is 16.3 Å². The summed E-state index contributed by atoms with van der Waals surface area (Å²) in [5.74, 6) is -1.67. The van der Waals surface area contributed by atoms with E-state index < -0.39 is 17.4 Å². The van der Waals surface area contributed by atoms with Crippen molar-refractivity contribution in [3.05, 3.63) is 28.8 Å². The number of anilines is 1. The molecular weight excluding hydrogens is 296 g/mol. The summed E-state index contributed by atoms with van der Waals surface area (Å²) < 4.78 is 4.81. The van der Waals surface area contributed by atoms with Gasteiger partial charge in [-0.2, -0.15) is 0 Å². The average Bonchev–Trinajstić information content (AvgIpc) is 2.41. The van der Waals surface area contributed by atoms with Crippen LogP contribution >= 0.6 is 11.6 Å². The molecule has 0 saturated heterocycles. The van der Waals surface area contributed by atoms with Gasteiger partial charge in [-0.1, -0.05) is 17.7 Å². The van der Waals surface area contributed by atoms with Crippen LogP contribution in [0.4, 0.5) is 5.69 Å². The number of nitrogens with one attached hydrogen (secondary N) is 2. The summed E-state index contributed by atoms with van der Waals surface area (Å²) in [5, 5.41) is 15.1. The Morgan fingerprint density at radius 1 is 1.38 bits per heavy atom. The lowest BCUT2D eigenvalue weighted by molar-refractivity contribution is -0.137. The van der Waals surface area contributed by atoms with E-state index in [1.807, 2.05) is 0 Å². The SMILES string of the molecule is COCC(C)(O)CNC(=O)C(=O)Nc1cccc(Cl)c1C. The lowest BCUT2D eigenvalue weighted by Gasteiger charge is -2.22. The summed E-state index contributed by atoms with van der Waals surface area (Å²) in [5.41, 5.74) is -0.102. The minimum atomic E-state index is -1.24. The first-order valence-corrected chi connectivity index (χ1v) is 6.70. The van der Waals surface area contributed by atoms with Crippen molar-refractivity contribution >= 4 is 29.1 Å². The Morgan fingerprint density at radius 3 is 2.67 bits per heavy atom. The molecule has 0 saturated carbocycles. The molecule has 1 unspecified atom stereocenters. The van der Waals surface area contributed by atoms with Crippen molar-refractivity contribution in [2.45, 2.75) is 19.4 Å². The minimum Gasteiger partial charge on any atom is -0.386 e. The second-order valence-corrected chi connectivity index (χ2v) is 5.39. The van der Waals surface area contributed by atoms with E-state index in [-0.39, 0.29) is 13.2 Å². The van der Waals surface area contributed by atoms with Crippen molar-refractivity contribution < 1.29 is 19.4 Å². The topological polar surface area (TPSA) is 87.7 Å². The van der Waals surface area contributed by atoms with Crippen molar-refractivity contribution in [3.8, 4) is 0 Å². The van der Waals surface area contributed by atoms with Gasteiger partial charge in [0.25, 0.3) is 0 Å². The highest BCUT2D eigenvalue weighted by Crippen LogP contribution is 2.22. The largest absolute Gasteiger partial charge is 0.386 e. The molecule has 1 rings (SSSR count). The molecule has 0 radical (unpaired) electrons. The van der Waals surface area contributed by atoms with Gasteiger partial charge in [-0.05, 0) is 31.5 Å². The molecule has 0 aliphatic heterocycles. The highest BCUT2D eigenvalue weighted by Gasteiger charge is 2.23. The van der Waals surface area contributed by atoms with E-state index in [1.54, 1.807) is 25.1 Å². The highest BCUT2D eigenvalue weighted by molar-refractivity contribution is 6.40. The molecule has 1 atom stereocenters. The van der Waals surface area contributed by atoms with Crippen molar-refractivity contribution in [1.29, 1.82) is 0 Å². The molecule has 0 heterocycles. The van der Waals surface area contributed by atoms with Gasteiger partial charge in [0.15, 0.2) is 0 Å². The quantitative estimate of drug-likeness (QED) is 0.710. The maximum Gasteiger partial charge on any atom is 0.313 e. The van der Waals surface area contributed by atoms with E-state index >= 15 is 0 Å². The van der Waals surface area contributed by atoms with Gasteiger partial charge in [-0.3, -0.25) is 9.59 Å². The highest BCUT2D eigenvalue weighted by atomic mass is 35.5. The lowest BCUT2D eigenvalue weighted by Crippen LogP contribution is -2.46. The molecular formula is C14H19ClN2O4. The second-order valence-electron chi connectivity index (χ2n) is 4.98. The van der Waals surface area contributed by atoms with Gasteiger partial charge in [0.05, 0.1) is 6.61 Å². The number of benzene rings is 1. The molecule has 0 aromatic heterocycles. The predicted octanol–water partition coefficient (Wildman–Crippen LogP) is 1.10. The minimum absolute atomic E-state index is 0.0439. The molecule has 0 aliphatic carbocycles. The van der Waals surface area contributed by atoms with Crippen LogP contribution < -0.4 is 10.6 Å². The molecule has 116 valence electrons. The smallest absolute Gasteiger partial charge is 0.313 e. The Bertz CT molecular complexity index is 532. The van der Waals surface area contributed by atoms with Crippen LogP contribution in [-0.2, 0) is 14.3 Å². The standard InChI is InChI=1S/C14H19ClN2O4/c1-9-10(15)5-4-6-11(9)17-13(19)12(18)16-7-14(2,20)8-21-3/h4-6,20H,7-8H2,1-3H3,(H,16,18)(H,17,19). The molecule has 0 spiro atoms. The number of carbonyl (C=O) groups is 2. The number of methoxy groups -OCH3 is 1.